The molecule has 0 aliphatic carbocycles. The molecule has 0 saturated carbocycles. The summed E-state index contributed by atoms with van der Waals surface area (Å²) in [5.41, 5.74) is 0. The maximum absolute atomic E-state index is 11.6. The number of rotatable bonds is 5. The smallest absolute Gasteiger partial charge is 0.220 e. The van der Waals surface area contributed by atoms with Crippen LogP contribution in [-0.2, 0) is 9.53 Å². The molecule has 2 N–H and O–H groups in total. The third-order valence-electron chi connectivity index (χ3n) is 3.68. The van der Waals surface area contributed by atoms with Gasteiger partial charge < -0.3 is 15.4 Å². The van der Waals surface area contributed by atoms with Gasteiger partial charge in [0, 0.05) is 25.6 Å². The Morgan fingerprint density at radius 3 is 2.83 bits per heavy atom. The fraction of sp³-hybridized carbons (Fsp3) is 0.923. The largest absolute Gasteiger partial charge is 0.376 e. The summed E-state index contributed by atoms with van der Waals surface area (Å²) in [5.74, 6) is 0.174. The monoisotopic (exact) mass is 276 g/mol. The normalized spacial score (nSPS) is 27.6. The molecule has 18 heavy (non-hydrogen) atoms. The van der Waals surface area contributed by atoms with E-state index in [2.05, 4.69) is 10.6 Å². The van der Waals surface area contributed by atoms with Gasteiger partial charge in [0.25, 0.3) is 0 Å². The Labute approximate surface area is 116 Å². The van der Waals surface area contributed by atoms with Crippen molar-refractivity contribution in [3.63, 3.8) is 0 Å². The quantitative estimate of drug-likeness (QED) is 0.802. The summed E-state index contributed by atoms with van der Waals surface area (Å²) in [4.78, 5) is 11.6. The highest BCUT2D eigenvalue weighted by molar-refractivity contribution is 5.85. The molecular weight excluding hydrogens is 252 g/mol. The summed E-state index contributed by atoms with van der Waals surface area (Å²) in [6.45, 7) is 2.66. The molecule has 1 amide bonds. The molecule has 0 aromatic heterocycles. The van der Waals surface area contributed by atoms with Gasteiger partial charge >= 0.3 is 0 Å². The van der Waals surface area contributed by atoms with Gasteiger partial charge in [-0.15, -0.1) is 12.4 Å². The van der Waals surface area contributed by atoms with Crippen molar-refractivity contribution in [2.24, 2.45) is 0 Å². The summed E-state index contributed by atoms with van der Waals surface area (Å²) in [5, 5.41) is 6.40. The lowest BCUT2D eigenvalue weighted by atomic mass is 10.1. The molecule has 0 aromatic rings. The number of ether oxygens (including phenoxy) is 1. The van der Waals surface area contributed by atoms with Crippen LogP contribution in [-0.4, -0.2) is 37.7 Å². The first-order valence-corrected chi connectivity index (χ1v) is 6.96. The first-order chi connectivity index (χ1) is 8.34. The minimum Gasteiger partial charge on any atom is -0.376 e. The molecule has 106 valence electrons. The molecule has 5 heteroatoms. The van der Waals surface area contributed by atoms with Gasteiger partial charge in [0.05, 0.1) is 6.10 Å². The zero-order valence-electron chi connectivity index (χ0n) is 11.0. The molecule has 2 fully saturated rings. The van der Waals surface area contributed by atoms with Crippen LogP contribution < -0.4 is 10.6 Å². The molecule has 2 aliphatic rings. The molecule has 2 rings (SSSR count). The molecule has 2 saturated heterocycles. The third-order valence-corrected chi connectivity index (χ3v) is 3.68. The maximum Gasteiger partial charge on any atom is 0.220 e. The van der Waals surface area contributed by atoms with Crippen LogP contribution in [0.5, 0.6) is 0 Å². The molecular formula is C13H25ClN2O2. The predicted octanol–water partition coefficient (Wildman–Crippen LogP) is 1.63. The second-order valence-corrected chi connectivity index (χ2v) is 5.12. The zero-order valence-corrected chi connectivity index (χ0v) is 11.8. The fourth-order valence-corrected chi connectivity index (χ4v) is 2.59. The first kappa shape index (κ1) is 15.7. The summed E-state index contributed by atoms with van der Waals surface area (Å²) in [6.07, 6.45) is 7.81. The molecule has 4 nitrogen and oxygen atoms in total. The highest BCUT2D eigenvalue weighted by atomic mass is 35.5. The van der Waals surface area contributed by atoms with Crippen LogP contribution in [0.1, 0.15) is 44.9 Å². The van der Waals surface area contributed by atoms with Gasteiger partial charge in [-0.05, 0) is 45.1 Å². The topological polar surface area (TPSA) is 50.4 Å². The van der Waals surface area contributed by atoms with Crippen molar-refractivity contribution in [2.45, 2.75) is 57.1 Å². The molecule has 0 aromatic carbocycles. The zero-order chi connectivity index (χ0) is 11.9. The van der Waals surface area contributed by atoms with E-state index < -0.39 is 0 Å². The highest BCUT2D eigenvalue weighted by Crippen LogP contribution is 2.12. The lowest BCUT2D eigenvalue weighted by Gasteiger charge is -2.22. The average Bonchev–Trinajstić information content (AvgIpc) is 2.88. The third kappa shape index (κ3) is 5.55. The molecule has 2 aliphatic heterocycles. The van der Waals surface area contributed by atoms with Gasteiger partial charge in [0.15, 0.2) is 0 Å². The second-order valence-electron chi connectivity index (χ2n) is 5.12. The Kier molecular flexibility index (Phi) is 7.63. The van der Waals surface area contributed by atoms with Crippen molar-refractivity contribution in [1.82, 2.24) is 10.6 Å². The van der Waals surface area contributed by atoms with E-state index in [0.29, 0.717) is 19.0 Å². The Morgan fingerprint density at radius 1 is 1.28 bits per heavy atom. The SMILES string of the molecule is Cl.O=C(CCC1CCCN1)NCC1CCCCO1. The van der Waals surface area contributed by atoms with Crippen molar-refractivity contribution >= 4 is 18.3 Å². The van der Waals surface area contributed by atoms with Gasteiger partial charge in [-0.25, -0.2) is 0 Å². The Balaban J connectivity index is 0.00000162. The van der Waals surface area contributed by atoms with E-state index in [-0.39, 0.29) is 24.4 Å². The standard InChI is InChI=1S/C13H24N2O2.ClH/c16-13(7-6-11-4-3-8-14-11)15-10-12-5-1-2-9-17-12;/h11-12,14H,1-10H2,(H,15,16);1H. The first-order valence-electron chi connectivity index (χ1n) is 6.96. The molecule has 2 unspecified atom stereocenters. The van der Waals surface area contributed by atoms with E-state index in [1.165, 1.54) is 19.3 Å². The summed E-state index contributed by atoms with van der Waals surface area (Å²) in [6, 6.07) is 0.562. The van der Waals surface area contributed by atoms with Crippen molar-refractivity contribution in [1.29, 1.82) is 0 Å². The predicted molar refractivity (Wildman–Crippen MR) is 74.1 cm³/mol. The Hall–Kier alpha value is -0.320. The van der Waals surface area contributed by atoms with Gasteiger partial charge in [0.2, 0.25) is 5.91 Å². The van der Waals surface area contributed by atoms with Crippen LogP contribution in [0.4, 0.5) is 0 Å². The number of carbonyl (C=O) groups excluding carboxylic acids is 1. The van der Waals surface area contributed by atoms with Gasteiger partial charge in [-0.1, -0.05) is 0 Å². The van der Waals surface area contributed by atoms with Crippen molar-refractivity contribution < 1.29 is 9.53 Å². The summed E-state index contributed by atoms with van der Waals surface area (Å²) >= 11 is 0. The van der Waals surface area contributed by atoms with Crippen LogP contribution in [0.15, 0.2) is 0 Å². The van der Waals surface area contributed by atoms with Crippen LogP contribution in [0.2, 0.25) is 0 Å². The minimum absolute atomic E-state index is 0. The molecule has 0 radical (unpaired) electrons. The van der Waals surface area contributed by atoms with Crippen molar-refractivity contribution in [2.75, 3.05) is 19.7 Å². The number of hydrogen-bond acceptors (Lipinski definition) is 3. The van der Waals surface area contributed by atoms with E-state index in [4.69, 9.17) is 4.74 Å². The van der Waals surface area contributed by atoms with E-state index in [0.717, 1.165) is 32.4 Å². The highest BCUT2D eigenvalue weighted by Gasteiger charge is 2.17. The van der Waals surface area contributed by atoms with Crippen LogP contribution in [0.3, 0.4) is 0 Å². The maximum atomic E-state index is 11.6. The average molecular weight is 277 g/mol. The number of amides is 1. The van der Waals surface area contributed by atoms with Crippen molar-refractivity contribution in [3.8, 4) is 0 Å². The fourth-order valence-electron chi connectivity index (χ4n) is 2.59. The van der Waals surface area contributed by atoms with Crippen LogP contribution in [0, 0.1) is 0 Å². The number of hydrogen-bond donors (Lipinski definition) is 2. The van der Waals surface area contributed by atoms with E-state index in [9.17, 15) is 4.79 Å². The molecule has 0 bridgehead atoms. The lowest BCUT2D eigenvalue weighted by molar-refractivity contribution is -0.122. The van der Waals surface area contributed by atoms with E-state index in [1.807, 2.05) is 0 Å². The number of carbonyl (C=O) groups is 1. The summed E-state index contributed by atoms with van der Waals surface area (Å²) < 4.78 is 5.58. The van der Waals surface area contributed by atoms with Gasteiger partial charge in [-0.2, -0.15) is 0 Å². The van der Waals surface area contributed by atoms with Crippen LogP contribution >= 0.6 is 12.4 Å². The second kappa shape index (κ2) is 8.73. The van der Waals surface area contributed by atoms with Crippen LogP contribution in [0.25, 0.3) is 0 Å². The summed E-state index contributed by atoms with van der Waals surface area (Å²) in [7, 11) is 0. The molecule has 2 atom stereocenters. The Morgan fingerprint density at radius 2 is 2.17 bits per heavy atom. The van der Waals surface area contributed by atoms with Crippen molar-refractivity contribution in [3.05, 3.63) is 0 Å². The lowest BCUT2D eigenvalue weighted by Crippen LogP contribution is -2.36. The number of halogens is 1. The molecule has 0 spiro atoms. The minimum atomic E-state index is 0. The number of nitrogens with one attached hydrogen (secondary N) is 2. The van der Waals surface area contributed by atoms with Gasteiger partial charge in [-0.3, -0.25) is 4.79 Å². The van der Waals surface area contributed by atoms with E-state index >= 15 is 0 Å². The van der Waals surface area contributed by atoms with Gasteiger partial charge in [0.1, 0.15) is 0 Å². The van der Waals surface area contributed by atoms with E-state index in [1.54, 1.807) is 0 Å². The Bertz CT molecular complexity index is 239. The molecule has 2 heterocycles.